The van der Waals surface area contributed by atoms with Crippen LogP contribution in [0.4, 0.5) is 0 Å². The number of allylic oxidation sites excluding steroid dienone is 1. The van der Waals surface area contributed by atoms with Gasteiger partial charge in [-0.25, -0.2) is 4.98 Å². The first-order valence-electron chi connectivity index (χ1n) is 6.62. The van der Waals surface area contributed by atoms with E-state index in [0.29, 0.717) is 13.1 Å². The van der Waals surface area contributed by atoms with Crippen LogP contribution in [0.1, 0.15) is 18.7 Å². The average molecular weight is 255 g/mol. The van der Waals surface area contributed by atoms with Crippen molar-refractivity contribution in [1.82, 2.24) is 14.9 Å². The Morgan fingerprint density at radius 2 is 2.26 bits per heavy atom. The van der Waals surface area contributed by atoms with E-state index in [2.05, 4.69) is 21.4 Å². The molecule has 98 valence electrons. The number of fused-ring (bicyclic) bond motifs is 1. The Labute approximate surface area is 112 Å². The van der Waals surface area contributed by atoms with Gasteiger partial charge in [0, 0.05) is 12.5 Å². The third kappa shape index (κ3) is 2.38. The molecule has 1 saturated carbocycles. The van der Waals surface area contributed by atoms with E-state index in [0.717, 1.165) is 29.7 Å². The zero-order valence-corrected chi connectivity index (χ0v) is 10.8. The van der Waals surface area contributed by atoms with Gasteiger partial charge in [0.2, 0.25) is 5.91 Å². The molecule has 1 aromatic carbocycles. The number of benzene rings is 1. The van der Waals surface area contributed by atoms with Gasteiger partial charge in [-0.1, -0.05) is 18.2 Å². The van der Waals surface area contributed by atoms with Gasteiger partial charge in [-0.15, -0.1) is 6.58 Å². The van der Waals surface area contributed by atoms with E-state index < -0.39 is 0 Å². The van der Waals surface area contributed by atoms with E-state index in [1.54, 1.807) is 0 Å². The molecule has 4 heteroatoms. The molecule has 0 bridgehead atoms. The van der Waals surface area contributed by atoms with E-state index in [-0.39, 0.29) is 11.8 Å². The number of amides is 1. The van der Waals surface area contributed by atoms with Gasteiger partial charge in [-0.2, -0.15) is 0 Å². The second-order valence-corrected chi connectivity index (χ2v) is 4.91. The number of hydrogen-bond acceptors (Lipinski definition) is 2. The van der Waals surface area contributed by atoms with Crippen LogP contribution in [-0.2, 0) is 17.9 Å². The SMILES string of the molecule is C=CCn1c(CNC(=O)C2CC2)nc2ccccc21. The van der Waals surface area contributed by atoms with Crippen molar-refractivity contribution in [3.63, 3.8) is 0 Å². The summed E-state index contributed by atoms with van der Waals surface area (Å²) < 4.78 is 2.09. The normalized spacial score (nSPS) is 14.5. The lowest BCUT2D eigenvalue weighted by Crippen LogP contribution is -2.25. The second-order valence-electron chi connectivity index (χ2n) is 4.91. The molecular formula is C15H17N3O. The zero-order valence-electron chi connectivity index (χ0n) is 10.8. The molecule has 1 heterocycles. The standard InChI is InChI=1S/C15H17N3O/c1-2-9-18-13-6-4-3-5-12(13)17-14(18)10-16-15(19)11-7-8-11/h2-6,11H,1,7-10H2,(H,16,19). The van der Waals surface area contributed by atoms with E-state index in [4.69, 9.17) is 0 Å². The Hall–Kier alpha value is -2.10. The van der Waals surface area contributed by atoms with Gasteiger partial charge in [-0.05, 0) is 25.0 Å². The molecular weight excluding hydrogens is 238 g/mol. The maximum Gasteiger partial charge on any atom is 0.223 e. The van der Waals surface area contributed by atoms with Crippen LogP contribution in [0.2, 0.25) is 0 Å². The van der Waals surface area contributed by atoms with E-state index in [1.165, 1.54) is 0 Å². The van der Waals surface area contributed by atoms with Gasteiger partial charge in [0.15, 0.2) is 0 Å². The van der Waals surface area contributed by atoms with Crippen LogP contribution >= 0.6 is 0 Å². The van der Waals surface area contributed by atoms with Crippen molar-refractivity contribution < 1.29 is 4.79 Å². The van der Waals surface area contributed by atoms with Crippen LogP contribution in [0.3, 0.4) is 0 Å². The van der Waals surface area contributed by atoms with Gasteiger partial charge in [0.25, 0.3) is 0 Å². The van der Waals surface area contributed by atoms with Crippen LogP contribution in [-0.4, -0.2) is 15.5 Å². The van der Waals surface area contributed by atoms with Crippen molar-refractivity contribution in [2.24, 2.45) is 5.92 Å². The molecule has 1 aliphatic carbocycles. The maximum absolute atomic E-state index is 11.7. The lowest BCUT2D eigenvalue weighted by Gasteiger charge is -2.07. The summed E-state index contributed by atoms with van der Waals surface area (Å²) in [7, 11) is 0. The van der Waals surface area contributed by atoms with Gasteiger partial charge in [0.05, 0.1) is 17.6 Å². The summed E-state index contributed by atoms with van der Waals surface area (Å²) >= 11 is 0. The molecule has 0 saturated heterocycles. The molecule has 3 rings (SSSR count). The minimum Gasteiger partial charge on any atom is -0.349 e. The number of aromatic nitrogens is 2. The topological polar surface area (TPSA) is 46.9 Å². The van der Waals surface area contributed by atoms with Crippen molar-refractivity contribution in [3.8, 4) is 0 Å². The van der Waals surface area contributed by atoms with Gasteiger partial charge >= 0.3 is 0 Å². The molecule has 0 atom stereocenters. The summed E-state index contributed by atoms with van der Waals surface area (Å²) in [6.45, 7) is 4.97. The molecule has 1 fully saturated rings. The molecule has 1 N–H and O–H groups in total. The lowest BCUT2D eigenvalue weighted by molar-refractivity contribution is -0.122. The van der Waals surface area contributed by atoms with Crippen molar-refractivity contribution >= 4 is 16.9 Å². The fourth-order valence-corrected chi connectivity index (χ4v) is 2.25. The highest BCUT2D eigenvalue weighted by molar-refractivity contribution is 5.81. The zero-order chi connectivity index (χ0) is 13.2. The van der Waals surface area contributed by atoms with Gasteiger partial charge in [0.1, 0.15) is 5.82 Å². The van der Waals surface area contributed by atoms with E-state index in [9.17, 15) is 4.79 Å². The van der Waals surface area contributed by atoms with Crippen molar-refractivity contribution in [3.05, 3.63) is 42.7 Å². The first kappa shape index (κ1) is 12.0. The second kappa shape index (κ2) is 4.88. The molecule has 19 heavy (non-hydrogen) atoms. The van der Waals surface area contributed by atoms with Crippen molar-refractivity contribution in [2.45, 2.75) is 25.9 Å². The summed E-state index contributed by atoms with van der Waals surface area (Å²) in [6.07, 6.45) is 3.89. The number of nitrogens with zero attached hydrogens (tertiary/aromatic N) is 2. The van der Waals surface area contributed by atoms with Crippen LogP contribution < -0.4 is 5.32 Å². The van der Waals surface area contributed by atoms with Gasteiger partial charge < -0.3 is 9.88 Å². The van der Waals surface area contributed by atoms with Crippen LogP contribution in [0.25, 0.3) is 11.0 Å². The molecule has 1 amide bonds. The first-order chi connectivity index (χ1) is 9.29. The molecule has 2 aromatic rings. The molecule has 1 aliphatic rings. The number of nitrogens with one attached hydrogen (secondary N) is 1. The van der Waals surface area contributed by atoms with Crippen LogP contribution in [0, 0.1) is 5.92 Å². The van der Waals surface area contributed by atoms with E-state index in [1.807, 2.05) is 30.3 Å². The summed E-state index contributed by atoms with van der Waals surface area (Å²) in [4.78, 5) is 16.3. The third-order valence-corrected chi connectivity index (χ3v) is 3.41. The molecule has 1 aromatic heterocycles. The predicted molar refractivity (Wildman–Crippen MR) is 74.5 cm³/mol. The average Bonchev–Trinajstić information content (AvgIpc) is 3.21. The van der Waals surface area contributed by atoms with Crippen LogP contribution in [0.15, 0.2) is 36.9 Å². The third-order valence-electron chi connectivity index (χ3n) is 3.41. The smallest absolute Gasteiger partial charge is 0.223 e. The number of carbonyl (C=O) groups excluding carboxylic acids is 1. The van der Waals surface area contributed by atoms with E-state index >= 15 is 0 Å². The number of imidazole rings is 1. The Morgan fingerprint density at radius 1 is 1.47 bits per heavy atom. The molecule has 0 unspecified atom stereocenters. The number of carbonyl (C=O) groups is 1. The Balaban J connectivity index is 1.85. The summed E-state index contributed by atoms with van der Waals surface area (Å²) in [5.41, 5.74) is 2.04. The van der Waals surface area contributed by atoms with Crippen molar-refractivity contribution in [1.29, 1.82) is 0 Å². The summed E-state index contributed by atoms with van der Waals surface area (Å²) in [6, 6.07) is 8.00. The number of hydrogen-bond donors (Lipinski definition) is 1. The lowest BCUT2D eigenvalue weighted by atomic mass is 10.3. The fraction of sp³-hybridized carbons (Fsp3) is 0.333. The molecule has 4 nitrogen and oxygen atoms in total. The van der Waals surface area contributed by atoms with Gasteiger partial charge in [-0.3, -0.25) is 4.79 Å². The first-order valence-corrected chi connectivity index (χ1v) is 6.62. The highest BCUT2D eigenvalue weighted by atomic mass is 16.2. The highest BCUT2D eigenvalue weighted by Gasteiger charge is 2.29. The number of para-hydroxylation sites is 2. The Kier molecular flexibility index (Phi) is 3.07. The number of rotatable bonds is 5. The highest BCUT2D eigenvalue weighted by Crippen LogP contribution is 2.28. The quantitative estimate of drug-likeness (QED) is 0.833. The molecule has 0 spiro atoms. The summed E-state index contributed by atoms with van der Waals surface area (Å²) in [5.74, 6) is 1.27. The van der Waals surface area contributed by atoms with Crippen LogP contribution in [0.5, 0.6) is 0 Å². The fourth-order valence-electron chi connectivity index (χ4n) is 2.25. The largest absolute Gasteiger partial charge is 0.349 e. The Morgan fingerprint density at radius 3 is 3.00 bits per heavy atom. The minimum absolute atomic E-state index is 0.150. The Bertz CT molecular complexity index is 625. The predicted octanol–water partition coefficient (Wildman–Crippen LogP) is 2.25. The summed E-state index contributed by atoms with van der Waals surface area (Å²) in [5, 5.41) is 2.96. The molecule has 0 aliphatic heterocycles. The molecule has 0 radical (unpaired) electrons. The monoisotopic (exact) mass is 255 g/mol. The maximum atomic E-state index is 11.7. The minimum atomic E-state index is 0.150. The van der Waals surface area contributed by atoms with Crippen molar-refractivity contribution in [2.75, 3.05) is 0 Å².